The van der Waals surface area contributed by atoms with E-state index in [0.29, 0.717) is 0 Å². The van der Waals surface area contributed by atoms with Crippen LogP contribution in [-0.2, 0) is 4.79 Å². The smallest absolute Gasteiger partial charge is 0.222 e. The molecule has 0 aliphatic carbocycles. The number of rotatable bonds is 3. The fourth-order valence-electron chi connectivity index (χ4n) is 2.63. The van der Waals surface area contributed by atoms with Gasteiger partial charge in [0.15, 0.2) is 0 Å². The number of halogens is 1. The molecule has 1 atom stereocenters. The van der Waals surface area contributed by atoms with Gasteiger partial charge in [-0.25, -0.2) is 0 Å². The van der Waals surface area contributed by atoms with Crippen LogP contribution in [0.5, 0.6) is 0 Å². The number of aliphatic hydroxyl groups excluding tert-OH is 1. The van der Waals surface area contributed by atoms with E-state index in [1.54, 1.807) is 14.0 Å². The zero-order chi connectivity index (χ0) is 14.7. The number of aliphatic hydroxyl groups is 1. The van der Waals surface area contributed by atoms with Crippen molar-refractivity contribution in [3.63, 3.8) is 0 Å². The molecule has 1 fully saturated rings. The maximum absolute atomic E-state index is 11.6. The Morgan fingerprint density at radius 2 is 2.10 bits per heavy atom. The maximum atomic E-state index is 11.6. The van der Waals surface area contributed by atoms with E-state index in [1.807, 2.05) is 18.2 Å². The Morgan fingerprint density at radius 1 is 1.45 bits per heavy atom. The molecule has 0 saturated carbocycles. The lowest BCUT2D eigenvalue weighted by Crippen LogP contribution is -2.39. The van der Waals surface area contributed by atoms with Crippen LogP contribution in [0, 0.1) is 5.92 Å². The quantitative estimate of drug-likeness (QED) is 0.888. The van der Waals surface area contributed by atoms with Gasteiger partial charge in [-0.1, -0.05) is 6.07 Å². The molecule has 1 aromatic rings. The second-order valence-corrected chi connectivity index (χ2v) is 6.12. The molecule has 110 valence electrons. The fraction of sp³-hybridized carbons (Fsp3) is 0.533. The molecule has 0 aromatic heterocycles. The monoisotopic (exact) mass is 340 g/mol. The van der Waals surface area contributed by atoms with Crippen LogP contribution in [0.2, 0.25) is 0 Å². The van der Waals surface area contributed by atoms with Gasteiger partial charge >= 0.3 is 0 Å². The molecule has 1 unspecified atom stereocenters. The highest BCUT2D eigenvalue weighted by molar-refractivity contribution is 9.10. The Balaban J connectivity index is 2.05. The standard InChI is InChI=1S/C15H21BrN2O2/c1-10(19)12-3-4-14(13(16)9-12)18-7-5-11(6-8-18)15(20)17-2/h3-4,9-11,19H,5-8H2,1-2H3,(H,17,20). The predicted molar refractivity (Wildman–Crippen MR) is 83.8 cm³/mol. The number of anilines is 1. The normalized spacial score (nSPS) is 17.9. The van der Waals surface area contributed by atoms with Crippen LogP contribution in [0.15, 0.2) is 22.7 Å². The molecular formula is C15H21BrN2O2. The highest BCUT2D eigenvalue weighted by Gasteiger charge is 2.25. The third-order valence-corrected chi connectivity index (χ3v) is 4.54. The minimum atomic E-state index is -0.459. The van der Waals surface area contributed by atoms with Crippen LogP contribution >= 0.6 is 15.9 Å². The minimum absolute atomic E-state index is 0.131. The average Bonchev–Trinajstić information content (AvgIpc) is 2.46. The minimum Gasteiger partial charge on any atom is -0.389 e. The van der Waals surface area contributed by atoms with Crippen molar-refractivity contribution in [2.24, 2.45) is 5.92 Å². The summed E-state index contributed by atoms with van der Waals surface area (Å²) in [4.78, 5) is 13.9. The summed E-state index contributed by atoms with van der Waals surface area (Å²) in [6.07, 6.45) is 1.30. The van der Waals surface area contributed by atoms with E-state index in [1.165, 1.54) is 0 Å². The Hall–Kier alpha value is -1.07. The van der Waals surface area contributed by atoms with Crippen molar-refractivity contribution < 1.29 is 9.90 Å². The van der Waals surface area contributed by atoms with E-state index >= 15 is 0 Å². The van der Waals surface area contributed by atoms with Gasteiger partial charge in [-0.15, -0.1) is 0 Å². The summed E-state index contributed by atoms with van der Waals surface area (Å²) >= 11 is 3.58. The summed E-state index contributed by atoms with van der Waals surface area (Å²) in [6, 6.07) is 5.95. The van der Waals surface area contributed by atoms with Crippen molar-refractivity contribution >= 4 is 27.5 Å². The summed E-state index contributed by atoms with van der Waals surface area (Å²) in [5.74, 6) is 0.278. The van der Waals surface area contributed by atoms with Gasteiger partial charge in [0.05, 0.1) is 11.8 Å². The molecular weight excluding hydrogens is 320 g/mol. The molecule has 4 nitrogen and oxygen atoms in total. The number of carbonyl (C=O) groups excluding carboxylic acids is 1. The summed E-state index contributed by atoms with van der Waals surface area (Å²) < 4.78 is 0.995. The van der Waals surface area contributed by atoms with Crippen molar-refractivity contribution in [2.75, 3.05) is 25.0 Å². The molecule has 20 heavy (non-hydrogen) atoms. The van der Waals surface area contributed by atoms with Gasteiger partial charge in [0, 0.05) is 30.5 Å². The van der Waals surface area contributed by atoms with Crippen molar-refractivity contribution in [2.45, 2.75) is 25.9 Å². The molecule has 0 spiro atoms. The molecule has 0 radical (unpaired) electrons. The number of nitrogens with zero attached hydrogens (tertiary/aromatic N) is 1. The number of hydrogen-bond acceptors (Lipinski definition) is 3. The van der Waals surface area contributed by atoms with Crippen LogP contribution in [0.3, 0.4) is 0 Å². The van der Waals surface area contributed by atoms with Gasteiger partial charge in [-0.3, -0.25) is 4.79 Å². The van der Waals surface area contributed by atoms with Crippen molar-refractivity contribution in [1.82, 2.24) is 5.32 Å². The number of benzene rings is 1. The number of piperidine rings is 1. The van der Waals surface area contributed by atoms with Crippen LogP contribution in [0.4, 0.5) is 5.69 Å². The number of amides is 1. The van der Waals surface area contributed by atoms with E-state index < -0.39 is 6.10 Å². The highest BCUT2D eigenvalue weighted by atomic mass is 79.9. The lowest BCUT2D eigenvalue weighted by atomic mass is 9.95. The average molecular weight is 341 g/mol. The SMILES string of the molecule is CNC(=O)C1CCN(c2ccc(C(C)O)cc2Br)CC1. The zero-order valence-electron chi connectivity index (χ0n) is 11.9. The summed E-state index contributed by atoms with van der Waals surface area (Å²) in [5.41, 5.74) is 2.03. The van der Waals surface area contributed by atoms with E-state index in [-0.39, 0.29) is 11.8 Å². The molecule has 5 heteroatoms. The van der Waals surface area contributed by atoms with Crippen LogP contribution < -0.4 is 10.2 Å². The Morgan fingerprint density at radius 3 is 2.60 bits per heavy atom. The lowest BCUT2D eigenvalue weighted by molar-refractivity contribution is -0.125. The van der Waals surface area contributed by atoms with E-state index in [0.717, 1.165) is 41.7 Å². The van der Waals surface area contributed by atoms with Crippen LogP contribution in [0.25, 0.3) is 0 Å². The molecule has 2 N–H and O–H groups in total. The van der Waals surface area contributed by atoms with Crippen molar-refractivity contribution in [3.05, 3.63) is 28.2 Å². The Labute approximate surface area is 128 Å². The highest BCUT2D eigenvalue weighted by Crippen LogP contribution is 2.32. The van der Waals surface area contributed by atoms with Gasteiger partial charge in [0.25, 0.3) is 0 Å². The second-order valence-electron chi connectivity index (χ2n) is 5.26. The van der Waals surface area contributed by atoms with Gasteiger partial charge in [-0.05, 0) is 53.4 Å². The summed E-state index contributed by atoms with van der Waals surface area (Å²) in [7, 11) is 1.69. The van der Waals surface area contributed by atoms with Crippen LogP contribution in [-0.4, -0.2) is 31.2 Å². The molecule has 1 saturated heterocycles. The van der Waals surface area contributed by atoms with Gasteiger partial charge < -0.3 is 15.3 Å². The second kappa shape index (κ2) is 6.59. The molecule has 0 bridgehead atoms. The Kier molecular flexibility index (Phi) is 5.05. The van der Waals surface area contributed by atoms with E-state index in [9.17, 15) is 9.90 Å². The number of hydrogen-bond donors (Lipinski definition) is 2. The topological polar surface area (TPSA) is 52.6 Å². The summed E-state index contributed by atoms with van der Waals surface area (Å²) in [6.45, 7) is 3.52. The third-order valence-electron chi connectivity index (χ3n) is 3.91. The molecule has 1 aliphatic heterocycles. The lowest BCUT2D eigenvalue weighted by Gasteiger charge is -2.33. The molecule has 1 aliphatic rings. The Bertz CT molecular complexity index is 483. The summed E-state index contributed by atoms with van der Waals surface area (Å²) in [5, 5.41) is 12.3. The first-order valence-corrected chi connectivity index (χ1v) is 7.76. The fourth-order valence-corrected chi connectivity index (χ4v) is 3.27. The first-order chi connectivity index (χ1) is 9.52. The number of carbonyl (C=O) groups is 1. The van der Waals surface area contributed by atoms with Gasteiger partial charge in [0.2, 0.25) is 5.91 Å². The zero-order valence-corrected chi connectivity index (χ0v) is 13.5. The molecule has 1 heterocycles. The maximum Gasteiger partial charge on any atom is 0.222 e. The van der Waals surface area contributed by atoms with Crippen molar-refractivity contribution in [3.8, 4) is 0 Å². The van der Waals surface area contributed by atoms with E-state index in [2.05, 4.69) is 26.1 Å². The van der Waals surface area contributed by atoms with Crippen LogP contribution in [0.1, 0.15) is 31.4 Å². The largest absolute Gasteiger partial charge is 0.389 e. The molecule has 1 aromatic carbocycles. The molecule has 2 rings (SSSR count). The van der Waals surface area contributed by atoms with E-state index in [4.69, 9.17) is 0 Å². The first kappa shape index (κ1) is 15.3. The first-order valence-electron chi connectivity index (χ1n) is 6.97. The number of nitrogens with one attached hydrogen (secondary N) is 1. The van der Waals surface area contributed by atoms with Crippen molar-refractivity contribution in [1.29, 1.82) is 0 Å². The molecule has 1 amide bonds. The van der Waals surface area contributed by atoms with Gasteiger partial charge in [0.1, 0.15) is 0 Å². The van der Waals surface area contributed by atoms with Gasteiger partial charge in [-0.2, -0.15) is 0 Å². The predicted octanol–water partition coefficient (Wildman–Crippen LogP) is 2.46. The third kappa shape index (κ3) is 3.33.